The average Bonchev–Trinajstić information content (AvgIpc) is 3.24. The van der Waals surface area contributed by atoms with E-state index in [4.69, 9.17) is 0 Å². The van der Waals surface area contributed by atoms with Gasteiger partial charge in [0.1, 0.15) is 17.1 Å². The molecule has 1 aromatic heterocycles. The van der Waals surface area contributed by atoms with Crippen LogP contribution in [0.2, 0.25) is 0 Å². The van der Waals surface area contributed by atoms with Crippen molar-refractivity contribution in [1.29, 1.82) is 0 Å². The van der Waals surface area contributed by atoms with Gasteiger partial charge in [-0.1, -0.05) is 40.9 Å². The molecule has 2 aromatic rings. The van der Waals surface area contributed by atoms with Crippen molar-refractivity contribution >= 4 is 47.2 Å². The zero-order valence-electron chi connectivity index (χ0n) is 15.0. The van der Waals surface area contributed by atoms with E-state index < -0.39 is 23.3 Å². The summed E-state index contributed by atoms with van der Waals surface area (Å²) in [6, 6.07) is 8.51. The van der Waals surface area contributed by atoms with Crippen molar-refractivity contribution in [2.45, 2.75) is 17.8 Å². The molecular weight excluding hydrogens is 412 g/mol. The second-order valence-corrected chi connectivity index (χ2v) is 8.17. The number of fused-ring (bicyclic) bond motifs is 1. The van der Waals surface area contributed by atoms with Crippen LogP contribution in [0.25, 0.3) is 6.08 Å². The number of nitrogens with one attached hydrogen (secondary N) is 1. The van der Waals surface area contributed by atoms with Crippen LogP contribution in [-0.4, -0.2) is 54.5 Å². The summed E-state index contributed by atoms with van der Waals surface area (Å²) in [4.78, 5) is 38.0. The van der Waals surface area contributed by atoms with Crippen LogP contribution in [0.15, 0.2) is 53.1 Å². The van der Waals surface area contributed by atoms with E-state index in [9.17, 15) is 19.5 Å². The summed E-state index contributed by atoms with van der Waals surface area (Å²) < 4.78 is 3.76. The highest BCUT2D eigenvalue weighted by atomic mass is 32.2. The van der Waals surface area contributed by atoms with E-state index in [1.807, 2.05) is 30.3 Å². The number of benzene rings is 1. The molecule has 1 aromatic carbocycles. The van der Waals surface area contributed by atoms with Gasteiger partial charge in [0.25, 0.3) is 5.91 Å². The summed E-state index contributed by atoms with van der Waals surface area (Å²) in [5, 5.41) is 17.6. The van der Waals surface area contributed by atoms with Gasteiger partial charge in [0.2, 0.25) is 5.91 Å². The number of amides is 2. The second kappa shape index (κ2) is 8.18. The molecule has 2 aliphatic heterocycles. The quantitative estimate of drug-likeness (QED) is 0.671. The zero-order chi connectivity index (χ0) is 20.4. The van der Waals surface area contributed by atoms with Gasteiger partial charge in [-0.15, -0.1) is 16.9 Å². The van der Waals surface area contributed by atoms with Gasteiger partial charge in [0.05, 0.1) is 12.1 Å². The lowest BCUT2D eigenvalue weighted by molar-refractivity contribution is -0.150. The standard InChI is InChI=1S/C19H16N4O4S2/c24-14(8-11-4-2-1-3-5-11)20-15-17(25)23-16(19(26)27)12(9-28-18(15)23)6-7-13-10-29-22-21-13/h1-7,10,15,18H,8-9H2,(H,20,24)(H,26,27)/t15?,18-/m0/s1. The van der Waals surface area contributed by atoms with Crippen LogP contribution in [0, 0.1) is 0 Å². The molecule has 2 atom stereocenters. The fourth-order valence-electron chi connectivity index (χ4n) is 3.21. The molecule has 1 fully saturated rings. The van der Waals surface area contributed by atoms with Gasteiger partial charge in [-0.2, -0.15) is 0 Å². The molecule has 2 amide bonds. The number of rotatable bonds is 6. The van der Waals surface area contributed by atoms with Gasteiger partial charge >= 0.3 is 5.97 Å². The predicted octanol–water partition coefficient (Wildman–Crippen LogP) is 1.53. The van der Waals surface area contributed by atoms with Gasteiger partial charge in [0, 0.05) is 11.1 Å². The van der Waals surface area contributed by atoms with Crippen molar-refractivity contribution in [3.8, 4) is 0 Å². The Bertz CT molecular complexity index is 1000. The maximum Gasteiger partial charge on any atom is 0.352 e. The van der Waals surface area contributed by atoms with Gasteiger partial charge < -0.3 is 10.4 Å². The number of carboxylic acids is 1. The number of thioether (sulfide) groups is 1. The second-order valence-electron chi connectivity index (χ2n) is 6.46. The molecule has 8 nitrogen and oxygen atoms in total. The number of carbonyl (C=O) groups is 3. The molecule has 0 spiro atoms. The highest BCUT2D eigenvalue weighted by Gasteiger charge is 2.53. The maximum absolute atomic E-state index is 12.6. The Morgan fingerprint density at radius 1 is 1.28 bits per heavy atom. The van der Waals surface area contributed by atoms with Crippen LogP contribution in [0.4, 0.5) is 0 Å². The first-order chi connectivity index (χ1) is 14.0. The Morgan fingerprint density at radius 2 is 2.07 bits per heavy atom. The predicted molar refractivity (Wildman–Crippen MR) is 109 cm³/mol. The lowest BCUT2D eigenvalue weighted by Gasteiger charge is -2.49. The number of aliphatic carboxylic acids is 1. The molecule has 2 N–H and O–H groups in total. The summed E-state index contributed by atoms with van der Waals surface area (Å²) in [6.45, 7) is 0. The van der Waals surface area contributed by atoms with E-state index in [-0.39, 0.29) is 18.0 Å². The third kappa shape index (κ3) is 3.94. The Balaban J connectivity index is 1.48. The van der Waals surface area contributed by atoms with E-state index in [0.29, 0.717) is 17.0 Å². The summed E-state index contributed by atoms with van der Waals surface area (Å²) in [6.07, 6.45) is 3.49. The number of allylic oxidation sites excluding steroid dienone is 1. The van der Waals surface area contributed by atoms with Crippen LogP contribution in [-0.2, 0) is 20.8 Å². The molecule has 0 bridgehead atoms. The first-order valence-electron chi connectivity index (χ1n) is 8.74. The molecule has 10 heteroatoms. The molecule has 148 valence electrons. The van der Waals surface area contributed by atoms with E-state index in [1.54, 1.807) is 17.5 Å². The first-order valence-corrected chi connectivity index (χ1v) is 10.6. The highest BCUT2D eigenvalue weighted by molar-refractivity contribution is 8.00. The van der Waals surface area contributed by atoms with Crippen LogP contribution in [0.5, 0.6) is 0 Å². The number of carbonyl (C=O) groups excluding carboxylic acids is 2. The largest absolute Gasteiger partial charge is 0.477 e. The van der Waals surface area contributed by atoms with Crippen molar-refractivity contribution in [1.82, 2.24) is 19.8 Å². The molecule has 2 aliphatic rings. The fourth-order valence-corrected chi connectivity index (χ4v) is 4.95. The van der Waals surface area contributed by atoms with Gasteiger partial charge in [-0.05, 0) is 28.7 Å². The molecule has 1 unspecified atom stereocenters. The fraction of sp³-hybridized carbons (Fsp3) is 0.211. The minimum Gasteiger partial charge on any atom is -0.477 e. The van der Waals surface area contributed by atoms with Gasteiger partial charge in [-0.3, -0.25) is 14.5 Å². The van der Waals surface area contributed by atoms with Crippen molar-refractivity contribution in [3.05, 3.63) is 64.3 Å². The number of hydrogen-bond acceptors (Lipinski definition) is 7. The summed E-state index contributed by atoms with van der Waals surface area (Å²) in [5.74, 6) is -1.44. The number of β-lactam (4-membered cyclic amide) rings is 1. The Labute approximate surface area is 174 Å². The minimum absolute atomic E-state index is 0.0493. The first kappa shape index (κ1) is 19.3. The van der Waals surface area contributed by atoms with E-state index in [1.165, 1.54) is 28.2 Å². The molecule has 0 aliphatic carbocycles. The van der Waals surface area contributed by atoms with Gasteiger partial charge in [-0.25, -0.2) is 4.79 Å². The molecule has 3 heterocycles. The molecule has 0 saturated carbocycles. The smallest absolute Gasteiger partial charge is 0.352 e. The van der Waals surface area contributed by atoms with E-state index >= 15 is 0 Å². The number of carboxylic acid groups (broad SMARTS) is 1. The lowest BCUT2D eigenvalue weighted by Crippen LogP contribution is -2.70. The third-order valence-corrected chi connectivity index (χ3v) is 6.38. The summed E-state index contributed by atoms with van der Waals surface area (Å²) in [5.41, 5.74) is 1.95. The molecule has 0 radical (unpaired) electrons. The minimum atomic E-state index is -1.17. The average molecular weight is 428 g/mol. The van der Waals surface area contributed by atoms with Crippen LogP contribution in [0.1, 0.15) is 11.3 Å². The summed E-state index contributed by atoms with van der Waals surface area (Å²) >= 11 is 2.62. The van der Waals surface area contributed by atoms with Crippen molar-refractivity contribution in [2.75, 3.05) is 5.75 Å². The van der Waals surface area contributed by atoms with Crippen LogP contribution in [0.3, 0.4) is 0 Å². The van der Waals surface area contributed by atoms with Crippen molar-refractivity contribution < 1.29 is 19.5 Å². The van der Waals surface area contributed by atoms with Crippen LogP contribution < -0.4 is 5.32 Å². The Kier molecular flexibility index (Phi) is 5.45. The maximum atomic E-state index is 12.6. The number of nitrogens with zero attached hydrogens (tertiary/aromatic N) is 3. The molecule has 4 rings (SSSR count). The van der Waals surface area contributed by atoms with Crippen molar-refractivity contribution in [3.63, 3.8) is 0 Å². The highest BCUT2D eigenvalue weighted by Crippen LogP contribution is 2.40. The Morgan fingerprint density at radius 3 is 2.76 bits per heavy atom. The summed E-state index contributed by atoms with van der Waals surface area (Å²) in [7, 11) is 0. The van der Waals surface area contributed by atoms with Crippen molar-refractivity contribution in [2.24, 2.45) is 0 Å². The molecule has 1 saturated heterocycles. The normalized spacial score (nSPS) is 21.1. The zero-order valence-corrected chi connectivity index (χ0v) is 16.7. The van der Waals surface area contributed by atoms with E-state index in [2.05, 4.69) is 14.9 Å². The van der Waals surface area contributed by atoms with E-state index in [0.717, 1.165) is 5.56 Å². The van der Waals surface area contributed by atoms with Gasteiger partial charge in [0.15, 0.2) is 0 Å². The Hall–Kier alpha value is -2.98. The molecular formula is C19H16N4O4S2. The molecule has 29 heavy (non-hydrogen) atoms. The number of aromatic nitrogens is 2. The monoisotopic (exact) mass is 428 g/mol. The lowest BCUT2D eigenvalue weighted by atomic mass is 10.0. The van der Waals surface area contributed by atoms with Crippen LogP contribution >= 0.6 is 23.3 Å². The SMILES string of the molecule is O=C(Cc1ccccc1)NC1C(=O)N2C(C(=O)O)=C(C=Cc3csnn3)CS[C@@H]12. The number of hydrogen-bond donors (Lipinski definition) is 2. The third-order valence-electron chi connectivity index (χ3n) is 4.56. The topological polar surface area (TPSA) is 112 Å².